The lowest BCUT2D eigenvalue weighted by molar-refractivity contribution is 0.631. The predicted molar refractivity (Wildman–Crippen MR) is 70.1 cm³/mol. The predicted octanol–water partition coefficient (Wildman–Crippen LogP) is 3.81. The van der Waals surface area contributed by atoms with Gasteiger partial charge in [0.2, 0.25) is 0 Å². The summed E-state index contributed by atoms with van der Waals surface area (Å²) in [5.74, 6) is 3.45. The molecular formula is C12H16ClNS. The molecule has 1 N–H and O–H groups in total. The van der Waals surface area contributed by atoms with Gasteiger partial charge < -0.3 is 5.32 Å². The van der Waals surface area contributed by atoms with Crippen LogP contribution in [0.15, 0.2) is 18.2 Å². The van der Waals surface area contributed by atoms with Crippen LogP contribution in [0.5, 0.6) is 0 Å². The number of nitrogens with one attached hydrogen (secondary N) is 1. The highest BCUT2D eigenvalue weighted by molar-refractivity contribution is 7.99. The van der Waals surface area contributed by atoms with E-state index in [1.54, 1.807) is 0 Å². The van der Waals surface area contributed by atoms with Crippen LogP contribution in [0.1, 0.15) is 12.0 Å². The standard InChI is InChI=1S/C12H16ClNS/c1-9-2-3-11(13)6-12(9)14-7-10-4-5-15-8-10/h2-3,6,10,14H,4-5,7-8H2,1H3. The zero-order valence-corrected chi connectivity index (χ0v) is 10.5. The van der Waals surface area contributed by atoms with Crippen molar-refractivity contribution in [2.24, 2.45) is 5.92 Å². The van der Waals surface area contributed by atoms with E-state index in [-0.39, 0.29) is 0 Å². The molecule has 1 heterocycles. The fourth-order valence-corrected chi connectivity index (χ4v) is 3.24. The zero-order valence-electron chi connectivity index (χ0n) is 8.92. The molecule has 0 bridgehead atoms. The average molecular weight is 242 g/mol. The lowest BCUT2D eigenvalue weighted by Gasteiger charge is -2.13. The van der Waals surface area contributed by atoms with Crippen molar-refractivity contribution in [2.75, 3.05) is 23.4 Å². The maximum atomic E-state index is 5.97. The molecule has 0 spiro atoms. The summed E-state index contributed by atoms with van der Waals surface area (Å²) >= 11 is 8.03. The van der Waals surface area contributed by atoms with Gasteiger partial charge in [0.25, 0.3) is 0 Å². The summed E-state index contributed by atoms with van der Waals surface area (Å²) in [6.07, 6.45) is 1.34. The van der Waals surface area contributed by atoms with Gasteiger partial charge in [-0.1, -0.05) is 17.7 Å². The average Bonchev–Trinajstić information content (AvgIpc) is 2.72. The summed E-state index contributed by atoms with van der Waals surface area (Å²) in [5.41, 5.74) is 2.45. The number of halogens is 1. The smallest absolute Gasteiger partial charge is 0.0426 e. The molecule has 3 heteroatoms. The highest BCUT2D eigenvalue weighted by Gasteiger charge is 2.15. The number of thioether (sulfide) groups is 1. The Labute approximate surface area is 101 Å². The maximum absolute atomic E-state index is 5.97. The third kappa shape index (κ3) is 3.05. The lowest BCUT2D eigenvalue weighted by atomic mass is 10.1. The van der Waals surface area contributed by atoms with Gasteiger partial charge in [0.05, 0.1) is 0 Å². The summed E-state index contributed by atoms with van der Waals surface area (Å²) in [6.45, 7) is 3.19. The molecule has 1 nitrogen and oxygen atoms in total. The van der Waals surface area contributed by atoms with Gasteiger partial charge in [0.15, 0.2) is 0 Å². The maximum Gasteiger partial charge on any atom is 0.0426 e. The normalized spacial score (nSPS) is 20.5. The first kappa shape index (κ1) is 11.2. The SMILES string of the molecule is Cc1ccc(Cl)cc1NCC1CCSC1. The van der Waals surface area contributed by atoms with E-state index in [0.717, 1.165) is 17.5 Å². The molecule has 2 rings (SSSR count). The molecule has 1 atom stereocenters. The van der Waals surface area contributed by atoms with Gasteiger partial charge >= 0.3 is 0 Å². The van der Waals surface area contributed by atoms with Crippen molar-refractivity contribution in [1.29, 1.82) is 0 Å². The molecule has 1 saturated heterocycles. The van der Waals surface area contributed by atoms with Crippen LogP contribution in [0.3, 0.4) is 0 Å². The van der Waals surface area contributed by atoms with E-state index in [1.165, 1.54) is 29.2 Å². The van der Waals surface area contributed by atoms with Gasteiger partial charge in [-0.25, -0.2) is 0 Å². The Morgan fingerprint density at radius 2 is 2.40 bits per heavy atom. The summed E-state index contributed by atoms with van der Waals surface area (Å²) < 4.78 is 0. The van der Waals surface area contributed by atoms with Gasteiger partial charge in [-0.15, -0.1) is 0 Å². The monoisotopic (exact) mass is 241 g/mol. The van der Waals surface area contributed by atoms with Crippen LogP contribution in [0.25, 0.3) is 0 Å². The van der Waals surface area contributed by atoms with Crippen LogP contribution in [0.2, 0.25) is 5.02 Å². The second-order valence-electron chi connectivity index (χ2n) is 4.07. The van der Waals surface area contributed by atoms with Crippen molar-refractivity contribution in [3.63, 3.8) is 0 Å². The third-order valence-corrected chi connectivity index (χ3v) is 4.27. The molecule has 1 aromatic rings. The van der Waals surface area contributed by atoms with Crippen LogP contribution >= 0.6 is 23.4 Å². The number of hydrogen-bond acceptors (Lipinski definition) is 2. The van der Waals surface area contributed by atoms with Gasteiger partial charge in [0.1, 0.15) is 0 Å². The molecule has 15 heavy (non-hydrogen) atoms. The highest BCUT2D eigenvalue weighted by Crippen LogP contribution is 2.25. The minimum atomic E-state index is 0.809. The van der Waals surface area contributed by atoms with Crippen molar-refractivity contribution >= 4 is 29.1 Å². The molecule has 0 radical (unpaired) electrons. The molecule has 1 aliphatic heterocycles. The first-order chi connectivity index (χ1) is 7.25. The van der Waals surface area contributed by atoms with Crippen LogP contribution in [0, 0.1) is 12.8 Å². The summed E-state index contributed by atoms with van der Waals surface area (Å²) in [5, 5.41) is 4.31. The Balaban J connectivity index is 1.94. The number of rotatable bonds is 3. The molecule has 1 fully saturated rings. The van der Waals surface area contributed by atoms with E-state index in [9.17, 15) is 0 Å². The molecule has 0 amide bonds. The Kier molecular flexibility index (Phi) is 3.81. The van der Waals surface area contributed by atoms with Crippen LogP contribution < -0.4 is 5.32 Å². The third-order valence-electron chi connectivity index (χ3n) is 2.80. The Morgan fingerprint density at radius 3 is 3.13 bits per heavy atom. The fourth-order valence-electron chi connectivity index (χ4n) is 1.78. The van der Waals surface area contributed by atoms with Crippen LogP contribution in [-0.2, 0) is 0 Å². The molecule has 0 aliphatic carbocycles. The van der Waals surface area contributed by atoms with Gasteiger partial charge in [-0.3, -0.25) is 0 Å². The van der Waals surface area contributed by atoms with Crippen molar-refractivity contribution in [3.8, 4) is 0 Å². The van der Waals surface area contributed by atoms with E-state index >= 15 is 0 Å². The summed E-state index contributed by atoms with van der Waals surface area (Å²) in [6, 6.07) is 6.01. The molecule has 0 aromatic heterocycles. The fraction of sp³-hybridized carbons (Fsp3) is 0.500. The van der Waals surface area contributed by atoms with Gasteiger partial charge in [-0.2, -0.15) is 11.8 Å². The van der Waals surface area contributed by atoms with Gasteiger partial charge in [0, 0.05) is 17.3 Å². The molecular weight excluding hydrogens is 226 g/mol. The van der Waals surface area contributed by atoms with Crippen molar-refractivity contribution in [1.82, 2.24) is 0 Å². The largest absolute Gasteiger partial charge is 0.384 e. The minimum Gasteiger partial charge on any atom is -0.384 e. The Hall–Kier alpha value is -0.340. The van der Waals surface area contributed by atoms with Crippen molar-refractivity contribution in [3.05, 3.63) is 28.8 Å². The Bertz CT molecular complexity index is 334. The minimum absolute atomic E-state index is 0.809. The number of benzene rings is 1. The lowest BCUT2D eigenvalue weighted by Crippen LogP contribution is -2.13. The van der Waals surface area contributed by atoms with E-state index in [0.29, 0.717) is 0 Å². The van der Waals surface area contributed by atoms with Crippen molar-refractivity contribution < 1.29 is 0 Å². The zero-order chi connectivity index (χ0) is 10.7. The topological polar surface area (TPSA) is 12.0 Å². The number of aryl methyl sites for hydroxylation is 1. The Morgan fingerprint density at radius 1 is 1.53 bits per heavy atom. The van der Waals surface area contributed by atoms with E-state index < -0.39 is 0 Å². The molecule has 0 saturated carbocycles. The van der Waals surface area contributed by atoms with Crippen LogP contribution in [0.4, 0.5) is 5.69 Å². The van der Waals surface area contributed by atoms with E-state index in [2.05, 4.69) is 30.1 Å². The summed E-state index contributed by atoms with van der Waals surface area (Å²) in [7, 11) is 0. The molecule has 1 aliphatic rings. The molecule has 1 unspecified atom stereocenters. The second kappa shape index (κ2) is 5.13. The van der Waals surface area contributed by atoms with Crippen molar-refractivity contribution in [2.45, 2.75) is 13.3 Å². The highest BCUT2D eigenvalue weighted by atomic mass is 35.5. The van der Waals surface area contributed by atoms with E-state index in [4.69, 9.17) is 11.6 Å². The first-order valence-electron chi connectivity index (χ1n) is 5.33. The number of hydrogen-bond donors (Lipinski definition) is 1. The van der Waals surface area contributed by atoms with Gasteiger partial charge in [-0.05, 0) is 48.5 Å². The first-order valence-corrected chi connectivity index (χ1v) is 6.87. The summed E-state index contributed by atoms with van der Waals surface area (Å²) in [4.78, 5) is 0. The molecule has 82 valence electrons. The van der Waals surface area contributed by atoms with Crippen LogP contribution in [-0.4, -0.2) is 18.1 Å². The second-order valence-corrected chi connectivity index (χ2v) is 5.66. The van der Waals surface area contributed by atoms with E-state index in [1.807, 2.05) is 12.1 Å². The molecule has 1 aromatic carbocycles. The number of anilines is 1. The quantitative estimate of drug-likeness (QED) is 0.864.